The van der Waals surface area contributed by atoms with Gasteiger partial charge in [0.2, 0.25) is 0 Å². The molecule has 5 heteroatoms. The van der Waals surface area contributed by atoms with E-state index >= 15 is 0 Å². The number of hydrogen-bond donors (Lipinski definition) is 2. The summed E-state index contributed by atoms with van der Waals surface area (Å²) in [6.45, 7) is 4.55. The van der Waals surface area contributed by atoms with E-state index in [9.17, 15) is 9.90 Å². The van der Waals surface area contributed by atoms with E-state index in [1.54, 1.807) is 0 Å². The van der Waals surface area contributed by atoms with Gasteiger partial charge in [0, 0.05) is 10.8 Å². The van der Waals surface area contributed by atoms with Gasteiger partial charge < -0.3 is 19.3 Å². The van der Waals surface area contributed by atoms with Crippen LogP contribution in [0, 0.1) is 0 Å². The number of para-hydroxylation sites is 2. The first-order valence-electron chi connectivity index (χ1n) is 8.83. The molecule has 0 spiro atoms. The predicted molar refractivity (Wildman–Crippen MR) is 98.1 cm³/mol. The van der Waals surface area contributed by atoms with Crippen LogP contribution in [0.3, 0.4) is 0 Å². The average Bonchev–Trinajstić information content (AvgIpc) is 2.66. The van der Waals surface area contributed by atoms with E-state index < -0.39 is 6.10 Å². The lowest BCUT2D eigenvalue weighted by Crippen LogP contribution is -3.15. The number of aliphatic hydroxyl groups excluding tert-OH is 1. The zero-order valence-corrected chi connectivity index (χ0v) is 14.1. The van der Waals surface area contributed by atoms with Gasteiger partial charge in [-0.25, -0.2) is 0 Å². The van der Waals surface area contributed by atoms with Crippen molar-refractivity contribution < 1.29 is 14.7 Å². The number of benzene rings is 2. The van der Waals surface area contributed by atoms with Gasteiger partial charge in [0.1, 0.15) is 25.7 Å². The van der Waals surface area contributed by atoms with E-state index in [0.717, 1.165) is 37.3 Å². The Kier molecular flexibility index (Phi) is 4.53. The minimum atomic E-state index is -0.470. The number of hydrogen-bond acceptors (Lipinski definition) is 3. The normalized spacial score (nSPS) is 17.2. The number of rotatable bonds is 4. The lowest BCUT2D eigenvalue weighted by molar-refractivity contribution is -0.911. The molecule has 0 aliphatic carbocycles. The molecule has 0 amide bonds. The van der Waals surface area contributed by atoms with Gasteiger partial charge in [-0.2, -0.15) is 0 Å². The fourth-order valence-electron chi connectivity index (χ4n) is 3.75. The first-order valence-corrected chi connectivity index (χ1v) is 8.83. The van der Waals surface area contributed by atoms with Gasteiger partial charge in [0.05, 0.1) is 30.8 Å². The van der Waals surface area contributed by atoms with Crippen molar-refractivity contribution in [3.8, 4) is 0 Å². The number of aliphatic hydroxyl groups is 1. The van der Waals surface area contributed by atoms with Crippen LogP contribution in [0.1, 0.15) is 0 Å². The fraction of sp³-hybridized carbons (Fsp3) is 0.350. The van der Waals surface area contributed by atoms with Crippen LogP contribution in [0.4, 0.5) is 0 Å². The maximum absolute atomic E-state index is 12.7. The van der Waals surface area contributed by atoms with E-state index in [2.05, 4.69) is 4.57 Å². The highest BCUT2D eigenvalue weighted by atomic mass is 16.5. The van der Waals surface area contributed by atoms with E-state index in [4.69, 9.17) is 4.74 Å². The Labute approximate surface area is 146 Å². The molecular formula is C20H23N2O3+. The zero-order valence-electron chi connectivity index (χ0n) is 14.1. The Morgan fingerprint density at radius 3 is 2.16 bits per heavy atom. The van der Waals surface area contributed by atoms with Crippen LogP contribution in [0.25, 0.3) is 21.8 Å². The average molecular weight is 339 g/mol. The van der Waals surface area contributed by atoms with Crippen LogP contribution in [0.15, 0.2) is 53.3 Å². The summed E-state index contributed by atoms with van der Waals surface area (Å²) in [4.78, 5) is 14.1. The van der Waals surface area contributed by atoms with Crippen molar-refractivity contribution in [3.63, 3.8) is 0 Å². The van der Waals surface area contributed by atoms with Crippen LogP contribution < -0.4 is 10.3 Å². The fourth-order valence-corrected chi connectivity index (χ4v) is 3.75. The first kappa shape index (κ1) is 16.3. The quantitative estimate of drug-likeness (QED) is 0.678. The summed E-state index contributed by atoms with van der Waals surface area (Å²) in [6, 6.07) is 15.3. The number of nitrogens with zero attached hydrogens (tertiary/aromatic N) is 1. The number of ether oxygens (including phenoxy) is 1. The third-order valence-corrected chi connectivity index (χ3v) is 5.00. The third-order valence-electron chi connectivity index (χ3n) is 5.00. The van der Waals surface area contributed by atoms with E-state index in [1.165, 1.54) is 4.90 Å². The molecule has 0 radical (unpaired) electrons. The second-order valence-corrected chi connectivity index (χ2v) is 6.69. The molecular weight excluding hydrogens is 316 g/mol. The summed E-state index contributed by atoms with van der Waals surface area (Å²) in [5, 5.41) is 12.1. The highest BCUT2D eigenvalue weighted by molar-refractivity contribution is 5.93. The van der Waals surface area contributed by atoms with Crippen molar-refractivity contribution in [2.75, 3.05) is 32.8 Å². The first-order chi connectivity index (χ1) is 12.2. The van der Waals surface area contributed by atoms with Gasteiger partial charge in [-0.05, 0) is 24.3 Å². The van der Waals surface area contributed by atoms with Crippen molar-refractivity contribution >= 4 is 21.8 Å². The van der Waals surface area contributed by atoms with E-state index in [-0.39, 0.29) is 5.43 Å². The minimum Gasteiger partial charge on any atom is -0.385 e. The second kappa shape index (κ2) is 6.96. The van der Waals surface area contributed by atoms with Crippen molar-refractivity contribution in [1.29, 1.82) is 0 Å². The smallest absolute Gasteiger partial charge is 0.197 e. The number of morpholine rings is 1. The summed E-state index contributed by atoms with van der Waals surface area (Å²) in [5.41, 5.74) is 1.81. The number of pyridine rings is 1. The summed E-state index contributed by atoms with van der Waals surface area (Å²) in [5.74, 6) is 0. The molecule has 1 aromatic heterocycles. The molecule has 1 fully saturated rings. The van der Waals surface area contributed by atoms with Crippen LogP contribution in [-0.2, 0) is 11.3 Å². The summed E-state index contributed by atoms with van der Waals surface area (Å²) < 4.78 is 7.47. The van der Waals surface area contributed by atoms with Gasteiger partial charge in [0.15, 0.2) is 5.43 Å². The van der Waals surface area contributed by atoms with Crippen molar-refractivity contribution in [1.82, 2.24) is 4.57 Å². The second-order valence-electron chi connectivity index (χ2n) is 6.69. The molecule has 0 saturated carbocycles. The Bertz CT molecular complexity index is 884. The monoisotopic (exact) mass is 339 g/mol. The molecule has 3 aromatic rings. The maximum Gasteiger partial charge on any atom is 0.197 e. The molecule has 2 aromatic carbocycles. The van der Waals surface area contributed by atoms with Gasteiger partial charge in [-0.3, -0.25) is 4.79 Å². The molecule has 0 unspecified atom stereocenters. The summed E-state index contributed by atoms with van der Waals surface area (Å²) >= 11 is 0. The molecule has 25 heavy (non-hydrogen) atoms. The van der Waals surface area contributed by atoms with Crippen molar-refractivity contribution in [2.24, 2.45) is 0 Å². The molecule has 5 nitrogen and oxygen atoms in total. The predicted octanol–water partition coefficient (Wildman–Crippen LogP) is 0.431. The largest absolute Gasteiger partial charge is 0.385 e. The molecule has 2 heterocycles. The zero-order chi connectivity index (χ0) is 17.2. The molecule has 1 saturated heterocycles. The van der Waals surface area contributed by atoms with E-state index in [0.29, 0.717) is 23.9 Å². The van der Waals surface area contributed by atoms with Crippen molar-refractivity contribution in [2.45, 2.75) is 12.6 Å². The van der Waals surface area contributed by atoms with Crippen molar-refractivity contribution in [3.05, 3.63) is 58.8 Å². The topological polar surface area (TPSA) is 55.9 Å². The van der Waals surface area contributed by atoms with Crippen LogP contribution >= 0.6 is 0 Å². The molecule has 1 aliphatic rings. The number of fused-ring (bicyclic) bond motifs is 2. The molecule has 4 rings (SSSR count). The minimum absolute atomic E-state index is 0.0516. The van der Waals surface area contributed by atoms with Gasteiger partial charge in [-0.1, -0.05) is 24.3 Å². The van der Waals surface area contributed by atoms with Gasteiger partial charge in [-0.15, -0.1) is 0 Å². The van der Waals surface area contributed by atoms with Gasteiger partial charge >= 0.3 is 0 Å². The molecule has 1 atom stereocenters. The maximum atomic E-state index is 12.7. The summed E-state index contributed by atoms with van der Waals surface area (Å²) in [7, 11) is 0. The highest BCUT2D eigenvalue weighted by Crippen LogP contribution is 2.19. The molecule has 0 bridgehead atoms. The van der Waals surface area contributed by atoms with Crippen LogP contribution in [0.2, 0.25) is 0 Å². The van der Waals surface area contributed by atoms with Crippen LogP contribution in [-0.4, -0.2) is 48.6 Å². The van der Waals surface area contributed by atoms with E-state index in [1.807, 2.05) is 48.5 Å². The lowest BCUT2D eigenvalue weighted by Gasteiger charge is -2.26. The van der Waals surface area contributed by atoms with Crippen LogP contribution in [0.5, 0.6) is 0 Å². The Morgan fingerprint density at radius 2 is 1.56 bits per heavy atom. The summed E-state index contributed by atoms with van der Waals surface area (Å²) in [6.07, 6.45) is -0.470. The van der Waals surface area contributed by atoms with Gasteiger partial charge in [0.25, 0.3) is 0 Å². The SMILES string of the molecule is O=c1c2ccccc2n(C[C@H](O)C[NH+]2CCOCC2)c2ccccc12. The molecule has 130 valence electrons. The lowest BCUT2D eigenvalue weighted by atomic mass is 10.1. The molecule has 2 N–H and O–H groups in total. The number of quaternary nitrogens is 1. The number of nitrogens with one attached hydrogen (secondary N) is 1. The Balaban J connectivity index is 1.74. The number of aromatic nitrogens is 1. The Hall–Kier alpha value is -2.21. The Morgan fingerprint density at radius 1 is 1.00 bits per heavy atom. The molecule has 1 aliphatic heterocycles. The highest BCUT2D eigenvalue weighted by Gasteiger charge is 2.20. The third kappa shape index (κ3) is 3.18. The standard InChI is InChI=1S/C20H22N2O3/c23-15(13-21-9-11-25-12-10-21)14-22-18-7-3-1-5-16(18)20(24)17-6-2-4-8-19(17)22/h1-8,15,23H,9-14H2/p+1/t15-/m1/s1.